The van der Waals surface area contributed by atoms with Gasteiger partial charge in [0, 0.05) is 9.64 Å². The molecule has 0 atom stereocenters. The molecule has 6 heteroatoms. The highest BCUT2D eigenvalue weighted by Crippen LogP contribution is 2.31. The number of carbonyl (C=O) groups excluding carboxylic acids is 1. The standard InChI is InChI=1S/C8H6INO4/c1-4(11)6-2-5(9)3-7(8(6)12)10(13)14/h2-3,12H,1H3. The van der Waals surface area contributed by atoms with Crippen LogP contribution in [0.2, 0.25) is 0 Å². The topological polar surface area (TPSA) is 80.4 Å². The summed E-state index contributed by atoms with van der Waals surface area (Å²) in [6.45, 7) is 1.24. The fraction of sp³-hybridized carbons (Fsp3) is 0.125. The van der Waals surface area contributed by atoms with Crippen molar-refractivity contribution in [2.75, 3.05) is 0 Å². The number of hydrogen-bond acceptors (Lipinski definition) is 4. The fourth-order valence-corrected chi connectivity index (χ4v) is 1.60. The van der Waals surface area contributed by atoms with Gasteiger partial charge in [-0.25, -0.2) is 0 Å². The predicted molar refractivity (Wildman–Crippen MR) is 57.5 cm³/mol. The second kappa shape index (κ2) is 3.91. The van der Waals surface area contributed by atoms with Crippen LogP contribution in [0, 0.1) is 13.7 Å². The van der Waals surface area contributed by atoms with Crippen LogP contribution in [0.15, 0.2) is 12.1 Å². The Morgan fingerprint density at radius 3 is 2.57 bits per heavy atom. The molecule has 14 heavy (non-hydrogen) atoms. The van der Waals surface area contributed by atoms with Gasteiger partial charge < -0.3 is 5.11 Å². The van der Waals surface area contributed by atoms with E-state index in [0.717, 1.165) is 0 Å². The molecule has 1 N–H and O–H groups in total. The highest BCUT2D eigenvalue weighted by atomic mass is 127. The highest BCUT2D eigenvalue weighted by molar-refractivity contribution is 14.1. The highest BCUT2D eigenvalue weighted by Gasteiger charge is 2.20. The number of nitro benzene ring substituents is 1. The Morgan fingerprint density at radius 2 is 2.14 bits per heavy atom. The summed E-state index contributed by atoms with van der Waals surface area (Å²) >= 11 is 1.85. The summed E-state index contributed by atoms with van der Waals surface area (Å²) in [6.07, 6.45) is 0. The van der Waals surface area contributed by atoms with Crippen LogP contribution >= 0.6 is 22.6 Å². The Morgan fingerprint density at radius 1 is 1.57 bits per heavy atom. The Hall–Kier alpha value is -1.18. The first-order valence-electron chi connectivity index (χ1n) is 3.61. The van der Waals surface area contributed by atoms with E-state index in [-0.39, 0.29) is 5.56 Å². The molecule has 1 rings (SSSR count). The number of nitro groups is 1. The Labute approximate surface area is 93.0 Å². The summed E-state index contributed by atoms with van der Waals surface area (Å²) in [5, 5.41) is 19.9. The van der Waals surface area contributed by atoms with E-state index >= 15 is 0 Å². The summed E-state index contributed by atoms with van der Waals surface area (Å²) < 4.78 is 0.539. The van der Waals surface area contributed by atoms with Crippen molar-refractivity contribution < 1.29 is 14.8 Å². The molecule has 0 unspecified atom stereocenters. The maximum Gasteiger partial charge on any atom is 0.312 e. The quantitative estimate of drug-likeness (QED) is 0.393. The lowest BCUT2D eigenvalue weighted by Gasteiger charge is -2.02. The molecular formula is C8H6INO4. The van der Waals surface area contributed by atoms with Gasteiger partial charge in [-0.1, -0.05) is 0 Å². The lowest BCUT2D eigenvalue weighted by molar-refractivity contribution is -0.386. The van der Waals surface area contributed by atoms with Crippen molar-refractivity contribution in [1.82, 2.24) is 0 Å². The molecule has 0 saturated carbocycles. The van der Waals surface area contributed by atoms with Crippen molar-refractivity contribution in [3.8, 4) is 5.75 Å². The number of carbonyl (C=O) groups is 1. The van der Waals surface area contributed by atoms with Crippen molar-refractivity contribution in [2.24, 2.45) is 0 Å². The zero-order valence-corrected chi connectivity index (χ0v) is 9.31. The number of benzene rings is 1. The molecule has 0 radical (unpaired) electrons. The molecule has 0 aromatic heterocycles. The molecule has 74 valence electrons. The van der Waals surface area contributed by atoms with Gasteiger partial charge in [-0.3, -0.25) is 14.9 Å². The second-order valence-corrected chi connectivity index (χ2v) is 3.88. The zero-order valence-electron chi connectivity index (χ0n) is 7.15. The van der Waals surface area contributed by atoms with Crippen molar-refractivity contribution >= 4 is 34.1 Å². The first kappa shape index (κ1) is 10.9. The number of Topliss-reactive ketones (excluding diaryl/α,β-unsaturated/α-hetero) is 1. The normalized spacial score (nSPS) is 9.86. The molecule has 0 fully saturated rings. The van der Waals surface area contributed by atoms with Crippen LogP contribution in [0.4, 0.5) is 5.69 Å². The Bertz CT molecular complexity index is 381. The van der Waals surface area contributed by atoms with E-state index in [0.29, 0.717) is 3.57 Å². The van der Waals surface area contributed by atoms with Gasteiger partial charge >= 0.3 is 5.69 Å². The number of aromatic hydroxyl groups is 1. The molecular weight excluding hydrogens is 301 g/mol. The van der Waals surface area contributed by atoms with Crippen LogP contribution in [0.1, 0.15) is 17.3 Å². The van der Waals surface area contributed by atoms with Gasteiger partial charge in [-0.2, -0.15) is 0 Å². The van der Waals surface area contributed by atoms with Crippen LogP contribution in [0.25, 0.3) is 0 Å². The summed E-state index contributed by atoms with van der Waals surface area (Å²) in [4.78, 5) is 20.8. The van der Waals surface area contributed by atoms with E-state index in [1.54, 1.807) is 0 Å². The van der Waals surface area contributed by atoms with Crippen molar-refractivity contribution in [3.63, 3.8) is 0 Å². The van der Waals surface area contributed by atoms with E-state index in [1.165, 1.54) is 19.1 Å². The van der Waals surface area contributed by atoms with Gasteiger partial charge in [0.2, 0.25) is 5.75 Å². The van der Waals surface area contributed by atoms with Crippen LogP contribution in [-0.4, -0.2) is 15.8 Å². The summed E-state index contributed by atoms with van der Waals surface area (Å²) in [5.74, 6) is -0.966. The number of ketones is 1. The Kier molecular flexibility index (Phi) is 3.04. The lowest BCUT2D eigenvalue weighted by Crippen LogP contribution is -1.98. The predicted octanol–water partition coefficient (Wildman–Crippen LogP) is 2.11. The molecule has 0 spiro atoms. The number of phenols is 1. The van der Waals surface area contributed by atoms with Crippen molar-refractivity contribution in [2.45, 2.75) is 6.92 Å². The number of nitrogens with zero attached hydrogens (tertiary/aromatic N) is 1. The van der Waals surface area contributed by atoms with E-state index in [2.05, 4.69) is 0 Å². The van der Waals surface area contributed by atoms with Crippen LogP contribution < -0.4 is 0 Å². The zero-order chi connectivity index (χ0) is 10.9. The summed E-state index contributed by atoms with van der Waals surface area (Å²) in [6, 6.07) is 2.62. The molecule has 0 aliphatic carbocycles. The van der Waals surface area contributed by atoms with Crippen molar-refractivity contribution in [3.05, 3.63) is 31.4 Å². The van der Waals surface area contributed by atoms with Gasteiger partial charge in [-0.15, -0.1) is 0 Å². The van der Waals surface area contributed by atoms with Crippen LogP contribution in [0.5, 0.6) is 5.75 Å². The minimum absolute atomic E-state index is 0.0244. The van der Waals surface area contributed by atoms with Crippen molar-refractivity contribution in [1.29, 1.82) is 0 Å². The minimum atomic E-state index is -0.718. The molecule has 0 aliphatic heterocycles. The first-order valence-corrected chi connectivity index (χ1v) is 4.69. The molecule has 0 aliphatic rings. The van der Waals surface area contributed by atoms with E-state index in [1.807, 2.05) is 22.6 Å². The van der Waals surface area contributed by atoms with Gasteiger partial charge in [0.25, 0.3) is 0 Å². The number of rotatable bonds is 2. The largest absolute Gasteiger partial charge is 0.502 e. The molecule has 0 bridgehead atoms. The molecule has 5 nitrogen and oxygen atoms in total. The minimum Gasteiger partial charge on any atom is -0.502 e. The first-order chi connectivity index (χ1) is 6.43. The van der Waals surface area contributed by atoms with Crippen LogP contribution in [-0.2, 0) is 0 Å². The maximum atomic E-state index is 11.0. The fourth-order valence-electron chi connectivity index (χ4n) is 0.992. The number of hydrogen-bond donors (Lipinski definition) is 1. The third-order valence-electron chi connectivity index (χ3n) is 1.63. The van der Waals surface area contributed by atoms with E-state index in [9.17, 15) is 20.0 Å². The summed E-state index contributed by atoms with van der Waals surface area (Å²) in [5.41, 5.74) is -0.467. The number of phenolic OH excluding ortho intramolecular Hbond substituents is 1. The Balaban J connectivity index is 3.47. The van der Waals surface area contributed by atoms with E-state index < -0.39 is 22.1 Å². The molecule has 0 heterocycles. The van der Waals surface area contributed by atoms with Gasteiger partial charge in [0.05, 0.1) is 10.5 Å². The molecule has 1 aromatic rings. The van der Waals surface area contributed by atoms with Gasteiger partial charge in [-0.05, 0) is 35.6 Å². The molecule has 1 aromatic carbocycles. The SMILES string of the molecule is CC(=O)c1cc(I)cc([N+](=O)[O-])c1O. The smallest absolute Gasteiger partial charge is 0.312 e. The lowest BCUT2D eigenvalue weighted by atomic mass is 10.1. The van der Waals surface area contributed by atoms with E-state index in [4.69, 9.17) is 0 Å². The monoisotopic (exact) mass is 307 g/mol. The average molecular weight is 307 g/mol. The summed E-state index contributed by atoms with van der Waals surface area (Å²) in [7, 11) is 0. The van der Waals surface area contributed by atoms with Gasteiger partial charge in [0.15, 0.2) is 5.78 Å². The average Bonchev–Trinajstić information content (AvgIpc) is 2.07. The molecule has 0 amide bonds. The third-order valence-corrected chi connectivity index (χ3v) is 2.25. The molecule has 0 saturated heterocycles. The maximum absolute atomic E-state index is 11.0. The second-order valence-electron chi connectivity index (χ2n) is 2.63. The third kappa shape index (κ3) is 2.00. The van der Waals surface area contributed by atoms with Crippen LogP contribution in [0.3, 0.4) is 0 Å². The van der Waals surface area contributed by atoms with Gasteiger partial charge in [0.1, 0.15) is 0 Å². The number of halogens is 1.